The van der Waals surface area contributed by atoms with E-state index in [1.165, 1.54) is 0 Å². The Kier molecular flexibility index (Phi) is 5.89. The zero-order chi connectivity index (χ0) is 14.7. The van der Waals surface area contributed by atoms with E-state index in [-0.39, 0.29) is 11.0 Å². The summed E-state index contributed by atoms with van der Waals surface area (Å²) in [6.07, 6.45) is 0.261. The lowest BCUT2D eigenvalue weighted by Gasteiger charge is -2.47. The number of hydrogen-bond acceptors (Lipinski definition) is 3. The molecule has 2 unspecified atom stereocenters. The van der Waals surface area contributed by atoms with Gasteiger partial charge in [0.2, 0.25) is 0 Å². The van der Waals surface area contributed by atoms with Crippen molar-refractivity contribution in [3.63, 3.8) is 0 Å². The van der Waals surface area contributed by atoms with Crippen molar-refractivity contribution in [2.45, 2.75) is 79.2 Å². The fourth-order valence-electron chi connectivity index (χ4n) is 2.75. The van der Waals surface area contributed by atoms with Crippen LogP contribution >= 0.6 is 0 Å². The molecule has 3 nitrogen and oxygen atoms in total. The second kappa shape index (κ2) is 6.07. The maximum Gasteiger partial charge on any atom is 0.126 e. The van der Waals surface area contributed by atoms with Crippen LogP contribution < -0.4 is 0 Å². The third-order valence-electron chi connectivity index (χ3n) is 3.07. The molecule has 0 bridgehead atoms. The average molecular weight is 257 g/mol. The van der Waals surface area contributed by atoms with Gasteiger partial charge in [-0.2, -0.15) is 0 Å². The van der Waals surface area contributed by atoms with Gasteiger partial charge in [0.05, 0.1) is 6.10 Å². The minimum absolute atomic E-state index is 0.147. The fourth-order valence-corrected chi connectivity index (χ4v) is 2.75. The highest BCUT2D eigenvalue weighted by atomic mass is 16.3. The molecule has 0 spiro atoms. The number of hydrogen-bond donors (Lipinski definition) is 2. The monoisotopic (exact) mass is 257 g/mol. The largest absolute Gasteiger partial charge is 0.387 e. The predicted octanol–water partition coefficient (Wildman–Crippen LogP) is 3.13. The molecule has 0 saturated heterocycles. The second-order valence-corrected chi connectivity index (χ2v) is 6.98. The molecule has 3 heteroatoms. The molecule has 0 aromatic heterocycles. The first-order chi connectivity index (χ1) is 7.92. The minimum atomic E-state index is -0.648. The van der Waals surface area contributed by atoms with Crippen LogP contribution in [-0.4, -0.2) is 33.0 Å². The maximum absolute atomic E-state index is 10.2. The van der Waals surface area contributed by atoms with Gasteiger partial charge >= 0.3 is 0 Å². The third-order valence-corrected chi connectivity index (χ3v) is 3.07. The molecule has 2 N–H and O–H groups in total. The molecular weight excluding hydrogens is 226 g/mol. The Morgan fingerprint density at radius 2 is 1.61 bits per heavy atom. The van der Waals surface area contributed by atoms with E-state index >= 15 is 0 Å². The van der Waals surface area contributed by atoms with E-state index in [4.69, 9.17) is 0 Å². The Labute approximate surface area is 113 Å². The van der Waals surface area contributed by atoms with Gasteiger partial charge in [0.25, 0.3) is 0 Å². The molecular formula is C15H31NO2. The Balaban J connectivity index is 5.24. The van der Waals surface area contributed by atoms with E-state index in [0.717, 1.165) is 6.42 Å². The number of aliphatic hydroxyl groups excluding tert-OH is 2. The van der Waals surface area contributed by atoms with Crippen molar-refractivity contribution >= 4 is 0 Å². The summed E-state index contributed by atoms with van der Waals surface area (Å²) in [5, 5.41) is 20.0. The molecule has 0 aliphatic heterocycles. The van der Waals surface area contributed by atoms with Crippen molar-refractivity contribution < 1.29 is 10.2 Å². The highest BCUT2D eigenvalue weighted by molar-refractivity contribution is 5.06. The highest BCUT2D eigenvalue weighted by Gasteiger charge is 2.36. The molecule has 0 heterocycles. The normalized spacial score (nSPS) is 16.3. The zero-order valence-electron chi connectivity index (χ0n) is 13.1. The Bertz CT molecular complexity index is 277. The molecule has 0 rings (SSSR count). The predicted molar refractivity (Wildman–Crippen MR) is 77.1 cm³/mol. The molecule has 0 amide bonds. The number of rotatable bonds is 6. The van der Waals surface area contributed by atoms with Crippen molar-refractivity contribution in [1.29, 1.82) is 0 Å². The van der Waals surface area contributed by atoms with Crippen LogP contribution in [0.3, 0.4) is 0 Å². The van der Waals surface area contributed by atoms with Crippen LogP contribution in [0.5, 0.6) is 0 Å². The molecule has 18 heavy (non-hydrogen) atoms. The van der Waals surface area contributed by atoms with Crippen LogP contribution in [0.25, 0.3) is 0 Å². The standard InChI is InChI=1S/C15H31NO2/c1-9-13(18)16(11(2)12(3)17)15(7,8)10-14(4,5)6/h12-13,17-18H,2,9-10H2,1,3-8H3. The molecule has 0 aromatic rings. The van der Waals surface area contributed by atoms with E-state index in [1.54, 1.807) is 6.92 Å². The third kappa shape index (κ3) is 4.99. The van der Waals surface area contributed by atoms with Gasteiger partial charge in [-0.05, 0) is 39.0 Å². The first-order valence-electron chi connectivity index (χ1n) is 6.76. The van der Waals surface area contributed by atoms with Gasteiger partial charge < -0.3 is 15.1 Å². The van der Waals surface area contributed by atoms with E-state index < -0.39 is 12.3 Å². The summed E-state index contributed by atoms with van der Waals surface area (Å²) in [4.78, 5) is 1.86. The first-order valence-corrected chi connectivity index (χ1v) is 6.76. The highest BCUT2D eigenvalue weighted by Crippen LogP contribution is 2.35. The van der Waals surface area contributed by atoms with E-state index in [0.29, 0.717) is 12.1 Å². The van der Waals surface area contributed by atoms with Crippen LogP contribution in [0, 0.1) is 5.41 Å². The number of aliphatic hydroxyl groups is 2. The summed E-state index contributed by atoms with van der Waals surface area (Å²) < 4.78 is 0. The van der Waals surface area contributed by atoms with E-state index in [1.807, 2.05) is 11.8 Å². The average Bonchev–Trinajstić information content (AvgIpc) is 2.12. The van der Waals surface area contributed by atoms with Gasteiger partial charge in [0, 0.05) is 11.2 Å². The Hall–Kier alpha value is -0.540. The summed E-state index contributed by atoms with van der Waals surface area (Å²) in [5.41, 5.74) is 0.481. The summed E-state index contributed by atoms with van der Waals surface area (Å²) in [6, 6.07) is 0. The lowest BCUT2D eigenvalue weighted by molar-refractivity contribution is -0.0584. The summed E-state index contributed by atoms with van der Waals surface area (Å²) in [7, 11) is 0. The topological polar surface area (TPSA) is 43.7 Å². The maximum atomic E-state index is 10.2. The molecule has 0 saturated carbocycles. The lowest BCUT2D eigenvalue weighted by Crippen LogP contribution is -2.52. The van der Waals surface area contributed by atoms with E-state index in [2.05, 4.69) is 41.2 Å². The fraction of sp³-hybridized carbons (Fsp3) is 0.867. The quantitative estimate of drug-likeness (QED) is 0.719. The smallest absolute Gasteiger partial charge is 0.126 e. The molecule has 0 aliphatic carbocycles. The van der Waals surface area contributed by atoms with Gasteiger partial charge in [-0.25, -0.2) is 0 Å². The van der Waals surface area contributed by atoms with Crippen LogP contribution in [0.1, 0.15) is 61.3 Å². The van der Waals surface area contributed by atoms with Crippen molar-refractivity contribution in [1.82, 2.24) is 4.90 Å². The van der Waals surface area contributed by atoms with Gasteiger partial charge in [-0.1, -0.05) is 34.3 Å². The van der Waals surface area contributed by atoms with Crippen LogP contribution in [0.2, 0.25) is 0 Å². The Morgan fingerprint density at radius 3 is 1.89 bits per heavy atom. The van der Waals surface area contributed by atoms with Crippen LogP contribution in [0.4, 0.5) is 0 Å². The molecule has 0 aromatic carbocycles. The summed E-state index contributed by atoms with van der Waals surface area (Å²) in [6.45, 7) is 18.3. The molecule has 108 valence electrons. The molecule has 0 aliphatic rings. The van der Waals surface area contributed by atoms with Crippen molar-refractivity contribution in [2.75, 3.05) is 0 Å². The van der Waals surface area contributed by atoms with Crippen LogP contribution in [0.15, 0.2) is 12.3 Å². The van der Waals surface area contributed by atoms with Gasteiger partial charge in [0.1, 0.15) is 6.23 Å². The second-order valence-electron chi connectivity index (χ2n) is 6.98. The van der Waals surface area contributed by atoms with Gasteiger partial charge in [-0.3, -0.25) is 0 Å². The zero-order valence-corrected chi connectivity index (χ0v) is 13.1. The van der Waals surface area contributed by atoms with Crippen molar-refractivity contribution in [2.24, 2.45) is 5.41 Å². The minimum Gasteiger partial charge on any atom is -0.387 e. The summed E-state index contributed by atoms with van der Waals surface area (Å²) >= 11 is 0. The van der Waals surface area contributed by atoms with E-state index in [9.17, 15) is 10.2 Å². The lowest BCUT2D eigenvalue weighted by atomic mass is 9.80. The van der Waals surface area contributed by atoms with Gasteiger partial charge in [-0.15, -0.1) is 0 Å². The Morgan fingerprint density at radius 1 is 1.17 bits per heavy atom. The number of nitrogens with zero attached hydrogens (tertiary/aromatic N) is 1. The SMILES string of the molecule is C=C(C(C)O)N(C(O)CC)C(C)(C)CC(C)(C)C. The molecule has 0 fully saturated rings. The van der Waals surface area contributed by atoms with Crippen LogP contribution in [-0.2, 0) is 0 Å². The molecule has 0 radical (unpaired) electrons. The van der Waals surface area contributed by atoms with Crippen molar-refractivity contribution in [3.05, 3.63) is 12.3 Å². The van der Waals surface area contributed by atoms with Gasteiger partial charge in [0.15, 0.2) is 0 Å². The van der Waals surface area contributed by atoms with Crippen molar-refractivity contribution in [3.8, 4) is 0 Å². The first kappa shape index (κ1) is 17.5. The molecule has 2 atom stereocenters. The summed E-state index contributed by atoms with van der Waals surface area (Å²) in [5.74, 6) is 0.